The predicted molar refractivity (Wildman–Crippen MR) is 82.8 cm³/mol. The molecule has 0 aliphatic rings. The summed E-state index contributed by atoms with van der Waals surface area (Å²) in [5.41, 5.74) is -1.26. The quantitative estimate of drug-likeness (QED) is 0.360. The van der Waals surface area contributed by atoms with Crippen LogP contribution in [0.4, 0.5) is 5.69 Å². The molecule has 112 valence electrons. The topological polar surface area (TPSA) is 133 Å². The first-order valence-corrected chi connectivity index (χ1v) is 7.66. The van der Waals surface area contributed by atoms with E-state index in [1.807, 2.05) is 0 Å². The van der Waals surface area contributed by atoms with Crippen LogP contribution in [-0.2, 0) is 0 Å². The Bertz CT molecular complexity index is 875. The Morgan fingerprint density at radius 1 is 1.55 bits per heavy atom. The fraction of sp³-hybridized carbons (Fsp3) is 0.0833. The maximum absolute atomic E-state index is 11.9. The molecule has 22 heavy (non-hydrogen) atoms. The lowest BCUT2D eigenvalue weighted by Gasteiger charge is -2.07. The van der Waals surface area contributed by atoms with E-state index in [0.29, 0.717) is 0 Å². The van der Waals surface area contributed by atoms with Crippen LogP contribution in [-0.4, -0.2) is 26.3 Å². The molecule has 1 heterocycles. The van der Waals surface area contributed by atoms with Crippen molar-refractivity contribution in [2.45, 2.75) is 5.16 Å². The zero-order chi connectivity index (χ0) is 16.4. The minimum absolute atomic E-state index is 0.0133. The second kappa shape index (κ2) is 6.17. The largest absolute Gasteiger partial charge is 0.501 e. The molecule has 2 N–H and O–H groups in total. The van der Waals surface area contributed by atoms with Crippen molar-refractivity contribution >= 4 is 33.4 Å². The van der Waals surface area contributed by atoms with Crippen LogP contribution >= 0.6 is 27.7 Å². The van der Waals surface area contributed by atoms with Crippen LogP contribution in [0.15, 0.2) is 26.6 Å². The van der Waals surface area contributed by atoms with Gasteiger partial charge in [-0.3, -0.25) is 14.9 Å². The summed E-state index contributed by atoms with van der Waals surface area (Å²) < 4.78 is 0.0633. The number of benzene rings is 1. The molecule has 0 atom stereocenters. The summed E-state index contributed by atoms with van der Waals surface area (Å²) in [5.74, 6) is -0.540. The molecular formula is C12H7BrN4O4S. The molecule has 8 nitrogen and oxygen atoms in total. The molecule has 2 aromatic rings. The van der Waals surface area contributed by atoms with Gasteiger partial charge in [-0.2, -0.15) is 5.26 Å². The van der Waals surface area contributed by atoms with Crippen LogP contribution in [0, 0.1) is 21.4 Å². The van der Waals surface area contributed by atoms with Crippen molar-refractivity contribution in [3.05, 3.63) is 42.6 Å². The third kappa shape index (κ3) is 2.81. The average Bonchev–Trinajstić information content (AvgIpc) is 2.48. The highest BCUT2D eigenvalue weighted by Crippen LogP contribution is 2.38. The van der Waals surface area contributed by atoms with Crippen molar-refractivity contribution in [3.63, 3.8) is 0 Å². The van der Waals surface area contributed by atoms with Crippen molar-refractivity contribution in [1.82, 2.24) is 9.97 Å². The third-order valence-corrected chi connectivity index (χ3v) is 3.90. The molecule has 1 aromatic heterocycles. The Balaban J connectivity index is 2.82. The Kier molecular flexibility index (Phi) is 4.48. The Morgan fingerprint density at radius 2 is 2.23 bits per heavy atom. The van der Waals surface area contributed by atoms with Crippen LogP contribution in [0.1, 0.15) is 5.56 Å². The summed E-state index contributed by atoms with van der Waals surface area (Å²) in [4.78, 5) is 28.6. The monoisotopic (exact) mass is 382 g/mol. The molecule has 0 saturated heterocycles. The molecule has 0 radical (unpaired) electrons. The number of rotatable bonds is 3. The van der Waals surface area contributed by atoms with Gasteiger partial charge in [0.1, 0.15) is 11.6 Å². The van der Waals surface area contributed by atoms with E-state index in [1.54, 1.807) is 12.3 Å². The van der Waals surface area contributed by atoms with Crippen LogP contribution in [0.5, 0.6) is 5.75 Å². The van der Waals surface area contributed by atoms with Crippen molar-refractivity contribution in [2.75, 3.05) is 6.26 Å². The zero-order valence-electron chi connectivity index (χ0n) is 11.0. The molecule has 0 amide bonds. The molecule has 0 fully saturated rings. The van der Waals surface area contributed by atoms with Gasteiger partial charge in [0.2, 0.25) is 5.75 Å². The molecule has 0 unspecified atom stereocenters. The lowest BCUT2D eigenvalue weighted by molar-refractivity contribution is -0.385. The summed E-state index contributed by atoms with van der Waals surface area (Å²) >= 11 is 4.16. The zero-order valence-corrected chi connectivity index (χ0v) is 13.4. The van der Waals surface area contributed by atoms with E-state index in [2.05, 4.69) is 25.9 Å². The van der Waals surface area contributed by atoms with E-state index in [-0.39, 0.29) is 26.4 Å². The lowest BCUT2D eigenvalue weighted by atomic mass is 10.1. The first-order valence-electron chi connectivity index (χ1n) is 5.64. The van der Waals surface area contributed by atoms with Crippen LogP contribution < -0.4 is 5.56 Å². The number of hydrogen-bond donors (Lipinski definition) is 2. The number of nitro benzene ring substituents is 1. The highest BCUT2D eigenvalue weighted by molar-refractivity contribution is 9.10. The van der Waals surface area contributed by atoms with Gasteiger partial charge >= 0.3 is 5.69 Å². The molecule has 2 rings (SSSR count). The number of nitro groups is 1. The summed E-state index contributed by atoms with van der Waals surface area (Å²) in [6.45, 7) is 0. The van der Waals surface area contributed by atoms with Gasteiger partial charge in [-0.25, -0.2) is 4.98 Å². The number of phenols is 1. The predicted octanol–water partition coefficient (Wildman–Crippen LogP) is 2.41. The van der Waals surface area contributed by atoms with E-state index in [9.17, 15) is 20.0 Å². The Labute approximate surface area is 136 Å². The third-order valence-electron chi connectivity index (χ3n) is 2.72. The minimum Gasteiger partial charge on any atom is -0.501 e. The number of halogens is 1. The maximum Gasteiger partial charge on any atom is 0.312 e. The van der Waals surface area contributed by atoms with E-state index >= 15 is 0 Å². The normalized spacial score (nSPS) is 10.2. The van der Waals surface area contributed by atoms with Crippen molar-refractivity contribution in [2.24, 2.45) is 0 Å². The van der Waals surface area contributed by atoms with Crippen molar-refractivity contribution < 1.29 is 10.0 Å². The first-order chi connectivity index (χ1) is 10.4. The number of nitriles is 1. The second-order valence-corrected chi connectivity index (χ2v) is 5.64. The summed E-state index contributed by atoms with van der Waals surface area (Å²) in [6, 6.07) is 4.15. The Morgan fingerprint density at radius 3 is 2.77 bits per heavy atom. The molecule has 10 heteroatoms. The number of thioether (sulfide) groups is 1. The number of aromatic amines is 1. The number of hydrogen-bond acceptors (Lipinski definition) is 7. The van der Waals surface area contributed by atoms with Gasteiger partial charge in [0, 0.05) is 11.6 Å². The maximum atomic E-state index is 11.9. The summed E-state index contributed by atoms with van der Waals surface area (Å²) in [5, 5.41) is 30.0. The smallest absolute Gasteiger partial charge is 0.312 e. The van der Waals surface area contributed by atoms with Gasteiger partial charge in [0.15, 0.2) is 5.16 Å². The molecule has 0 saturated carbocycles. The Hall–Kier alpha value is -2.38. The van der Waals surface area contributed by atoms with E-state index in [0.717, 1.165) is 17.8 Å². The van der Waals surface area contributed by atoms with E-state index in [1.165, 1.54) is 6.07 Å². The van der Waals surface area contributed by atoms with Gasteiger partial charge in [-0.1, -0.05) is 11.8 Å². The van der Waals surface area contributed by atoms with E-state index < -0.39 is 21.9 Å². The fourth-order valence-electron chi connectivity index (χ4n) is 1.72. The molecule has 0 aliphatic carbocycles. The highest BCUT2D eigenvalue weighted by atomic mass is 79.9. The molecule has 0 bridgehead atoms. The lowest BCUT2D eigenvalue weighted by Crippen LogP contribution is -2.14. The van der Waals surface area contributed by atoms with Gasteiger partial charge in [-0.05, 0) is 28.3 Å². The molecule has 1 aromatic carbocycles. The number of phenolic OH excluding ortho intramolecular Hbond substituents is 1. The summed E-state index contributed by atoms with van der Waals surface area (Å²) in [6.07, 6.45) is 1.68. The molecule has 0 spiro atoms. The number of aromatic hydroxyl groups is 1. The number of nitrogens with one attached hydrogen (secondary N) is 1. The van der Waals surface area contributed by atoms with Crippen molar-refractivity contribution in [1.29, 1.82) is 5.26 Å². The fourth-order valence-corrected chi connectivity index (χ4v) is 2.55. The number of aromatic nitrogens is 2. The van der Waals surface area contributed by atoms with Gasteiger partial charge in [-0.15, -0.1) is 0 Å². The average molecular weight is 383 g/mol. The SMILES string of the molecule is CSc1nc(-c2cc(Br)c(O)c([N+](=O)[O-])c2)c(C#N)c(=O)[nH]1. The van der Waals surface area contributed by atoms with Gasteiger partial charge in [0.25, 0.3) is 5.56 Å². The number of H-pyrrole nitrogens is 1. The second-order valence-electron chi connectivity index (χ2n) is 3.99. The van der Waals surface area contributed by atoms with Gasteiger partial charge < -0.3 is 10.1 Å². The van der Waals surface area contributed by atoms with E-state index in [4.69, 9.17) is 5.26 Å². The first kappa shape index (κ1) is 16.0. The van der Waals surface area contributed by atoms with Crippen LogP contribution in [0.25, 0.3) is 11.3 Å². The van der Waals surface area contributed by atoms with Gasteiger partial charge in [0.05, 0.1) is 15.1 Å². The van der Waals surface area contributed by atoms with Crippen molar-refractivity contribution in [3.8, 4) is 23.1 Å². The highest BCUT2D eigenvalue weighted by Gasteiger charge is 2.21. The summed E-state index contributed by atoms with van der Waals surface area (Å²) in [7, 11) is 0. The molecular weight excluding hydrogens is 376 g/mol. The van der Waals surface area contributed by atoms with Crippen LogP contribution in [0.3, 0.4) is 0 Å². The minimum atomic E-state index is -0.766. The standard InChI is InChI=1S/C12H7BrN4O4S/c1-22-12-15-9(6(4-14)11(19)16-12)5-2-7(13)10(18)8(3-5)17(20)21/h2-3,18H,1H3,(H,15,16,19). The van der Waals surface area contributed by atoms with Crippen LogP contribution in [0.2, 0.25) is 0 Å². The molecule has 0 aliphatic heterocycles. The number of nitrogens with zero attached hydrogens (tertiary/aromatic N) is 3.